The van der Waals surface area contributed by atoms with Gasteiger partial charge in [0.15, 0.2) is 0 Å². The average molecular weight is 218 g/mol. The SMILES string of the molecule is Nc1ccccc1NCCCC(F)(F)F. The van der Waals surface area contributed by atoms with E-state index in [0.29, 0.717) is 11.4 Å². The van der Waals surface area contributed by atoms with Crippen LogP contribution in [-0.4, -0.2) is 12.7 Å². The maximum atomic E-state index is 11.8. The highest BCUT2D eigenvalue weighted by Gasteiger charge is 2.25. The smallest absolute Gasteiger partial charge is 0.389 e. The van der Waals surface area contributed by atoms with Crippen molar-refractivity contribution in [2.45, 2.75) is 19.0 Å². The highest BCUT2D eigenvalue weighted by atomic mass is 19.4. The number of nitrogen functional groups attached to an aromatic ring is 1. The summed E-state index contributed by atoms with van der Waals surface area (Å²) in [6.07, 6.45) is -4.80. The molecule has 2 nitrogen and oxygen atoms in total. The van der Waals surface area contributed by atoms with Crippen molar-refractivity contribution in [3.05, 3.63) is 24.3 Å². The van der Waals surface area contributed by atoms with Crippen molar-refractivity contribution in [2.24, 2.45) is 0 Å². The van der Waals surface area contributed by atoms with Crippen LogP contribution < -0.4 is 11.1 Å². The van der Waals surface area contributed by atoms with Crippen LogP contribution in [0.3, 0.4) is 0 Å². The second-order valence-corrected chi connectivity index (χ2v) is 3.23. The monoisotopic (exact) mass is 218 g/mol. The molecule has 84 valence electrons. The first kappa shape index (κ1) is 11.7. The molecule has 0 aliphatic rings. The number of nitrogens with two attached hydrogens (primary N) is 1. The van der Waals surface area contributed by atoms with Crippen molar-refractivity contribution in [1.82, 2.24) is 0 Å². The minimum atomic E-state index is -4.08. The topological polar surface area (TPSA) is 38.0 Å². The summed E-state index contributed by atoms with van der Waals surface area (Å²) in [4.78, 5) is 0. The fraction of sp³-hybridized carbons (Fsp3) is 0.400. The molecule has 0 unspecified atom stereocenters. The van der Waals surface area contributed by atoms with E-state index in [-0.39, 0.29) is 13.0 Å². The first-order valence-electron chi connectivity index (χ1n) is 4.64. The summed E-state index contributed by atoms with van der Waals surface area (Å²) >= 11 is 0. The molecule has 3 N–H and O–H groups in total. The minimum absolute atomic E-state index is 0.0534. The minimum Gasteiger partial charge on any atom is -0.397 e. The molecule has 15 heavy (non-hydrogen) atoms. The van der Waals surface area contributed by atoms with Gasteiger partial charge in [0, 0.05) is 13.0 Å². The third kappa shape index (κ3) is 4.58. The van der Waals surface area contributed by atoms with Crippen LogP contribution in [0.1, 0.15) is 12.8 Å². The predicted octanol–water partition coefficient (Wildman–Crippen LogP) is 3.02. The molecule has 0 radical (unpaired) electrons. The molecule has 0 bridgehead atoms. The molecular weight excluding hydrogens is 205 g/mol. The summed E-state index contributed by atoms with van der Waals surface area (Å²) in [6, 6.07) is 6.99. The van der Waals surface area contributed by atoms with E-state index in [1.54, 1.807) is 24.3 Å². The lowest BCUT2D eigenvalue weighted by Crippen LogP contribution is -2.11. The van der Waals surface area contributed by atoms with Gasteiger partial charge in [0.1, 0.15) is 0 Å². The molecule has 0 saturated carbocycles. The Balaban J connectivity index is 2.30. The second-order valence-electron chi connectivity index (χ2n) is 3.23. The Labute approximate surface area is 86.3 Å². The van der Waals surface area contributed by atoms with Gasteiger partial charge in [-0.15, -0.1) is 0 Å². The number of benzene rings is 1. The molecule has 0 aromatic heterocycles. The largest absolute Gasteiger partial charge is 0.397 e. The van der Waals surface area contributed by atoms with Gasteiger partial charge in [-0.2, -0.15) is 13.2 Å². The molecule has 0 saturated heterocycles. The van der Waals surface area contributed by atoms with E-state index < -0.39 is 12.6 Å². The summed E-state index contributed by atoms with van der Waals surface area (Å²) in [6.45, 7) is 0.272. The Kier molecular flexibility index (Phi) is 3.82. The normalized spacial score (nSPS) is 11.4. The fourth-order valence-corrected chi connectivity index (χ4v) is 1.17. The van der Waals surface area contributed by atoms with E-state index in [2.05, 4.69) is 5.32 Å². The lowest BCUT2D eigenvalue weighted by atomic mass is 10.2. The molecule has 0 fully saturated rings. The molecule has 0 spiro atoms. The molecule has 1 aromatic carbocycles. The van der Waals surface area contributed by atoms with Crippen LogP contribution in [-0.2, 0) is 0 Å². The maximum Gasteiger partial charge on any atom is 0.389 e. The van der Waals surface area contributed by atoms with Gasteiger partial charge in [-0.25, -0.2) is 0 Å². The van der Waals surface area contributed by atoms with E-state index in [9.17, 15) is 13.2 Å². The van der Waals surface area contributed by atoms with Crippen LogP contribution in [0.5, 0.6) is 0 Å². The van der Waals surface area contributed by atoms with E-state index in [0.717, 1.165) is 0 Å². The first-order valence-corrected chi connectivity index (χ1v) is 4.64. The molecular formula is C10H13F3N2. The zero-order chi connectivity index (χ0) is 11.3. The van der Waals surface area contributed by atoms with E-state index in [1.165, 1.54) is 0 Å². The van der Waals surface area contributed by atoms with Gasteiger partial charge >= 0.3 is 6.18 Å². The Bertz CT molecular complexity index is 310. The Hall–Kier alpha value is -1.39. The van der Waals surface area contributed by atoms with Crippen molar-refractivity contribution in [1.29, 1.82) is 0 Å². The average Bonchev–Trinajstić information content (AvgIpc) is 2.13. The standard InChI is InChI=1S/C10H13F3N2/c11-10(12,13)6-3-7-15-9-5-2-1-4-8(9)14/h1-2,4-5,15H,3,6-7,14H2. The van der Waals surface area contributed by atoms with Crippen molar-refractivity contribution >= 4 is 11.4 Å². The van der Waals surface area contributed by atoms with Gasteiger partial charge in [0.2, 0.25) is 0 Å². The molecule has 0 aliphatic carbocycles. The predicted molar refractivity (Wildman–Crippen MR) is 54.6 cm³/mol. The number of nitrogens with one attached hydrogen (secondary N) is 1. The zero-order valence-corrected chi connectivity index (χ0v) is 8.14. The molecule has 0 aliphatic heterocycles. The maximum absolute atomic E-state index is 11.8. The van der Waals surface area contributed by atoms with Crippen LogP contribution in [0, 0.1) is 0 Å². The van der Waals surface area contributed by atoms with Crippen LogP contribution in [0.15, 0.2) is 24.3 Å². The van der Waals surface area contributed by atoms with Crippen molar-refractivity contribution in [2.75, 3.05) is 17.6 Å². The zero-order valence-electron chi connectivity index (χ0n) is 8.14. The van der Waals surface area contributed by atoms with E-state index >= 15 is 0 Å². The third-order valence-electron chi connectivity index (χ3n) is 1.91. The number of alkyl halides is 3. The highest BCUT2D eigenvalue weighted by molar-refractivity contribution is 5.65. The van der Waals surface area contributed by atoms with E-state index in [1.807, 2.05) is 0 Å². The number of rotatable bonds is 4. The number of hydrogen-bond acceptors (Lipinski definition) is 2. The van der Waals surface area contributed by atoms with Crippen molar-refractivity contribution in [3.8, 4) is 0 Å². The molecule has 1 rings (SSSR count). The summed E-state index contributed by atoms with van der Waals surface area (Å²) in [7, 11) is 0. The summed E-state index contributed by atoms with van der Waals surface area (Å²) < 4.78 is 35.4. The highest BCUT2D eigenvalue weighted by Crippen LogP contribution is 2.22. The third-order valence-corrected chi connectivity index (χ3v) is 1.91. The van der Waals surface area contributed by atoms with Crippen LogP contribution in [0.25, 0.3) is 0 Å². The Morgan fingerprint density at radius 3 is 2.47 bits per heavy atom. The van der Waals surface area contributed by atoms with Gasteiger partial charge < -0.3 is 11.1 Å². The molecule has 5 heteroatoms. The molecule has 0 amide bonds. The number of halogens is 3. The van der Waals surface area contributed by atoms with Gasteiger partial charge in [-0.3, -0.25) is 0 Å². The van der Waals surface area contributed by atoms with Gasteiger partial charge in [-0.1, -0.05) is 12.1 Å². The van der Waals surface area contributed by atoms with Crippen molar-refractivity contribution in [3.63, 3.8) is 0 Å². The molecule has 0 heterocycles. The van der Waals surface area contributed by atoms with Crippen molar-refractivity contribution < 1.29 is 13.2 Å². The molecule has 1 aromatic rings. The quantitative estimate of drug-likeness (QED) is 0.602. The number of hydrogen-bond donors (Lipinski definition) is 2. The van der Waals surface area contributed by atoms with Gasteiger partial charge in [-0.05, 0) is 18.6 Å². The molecule has 0 atom stereocenters. The van der Waals surface area contributed by atoms with Crippen LogP contribution in [0.2, 0.25) is 0 Å². The lowest BCUT2D eigenvalue weighted by molar-refractivity contribution is -0.134. The van der Waals surface area contributed by atoms with Crippen LogP contribution in [0.4, 0.5) is 24.5 Å². The summed E-state index contributed by atoms with van der Waals surface area (Å²) in [5.41, 5.74) is 6.83. The van der Waals surface area contributed by atoms with Crippen LogP contribution >= 0.6 is 0 Å². The lowest BCUT2D eigenvalue weighted by Gasteiger charge is -2.09. The van der Waals surface area contributed by atoms with Gasteiger partial charge in [0.25, 0.3) is 0 Å². The fourth-order valence-electron chi connectivity index (χ4n) is 1.17. The Morgan fingerprint density at radius 2 is 1.87 bits per heavy atom. The first-order chi connectivity index (χ1) is 6.99. The van der Waals surface area contributed by atoms with E-state index in [4.69, 9.17) is 5.73 Å². The number of anilines is 2. The summed E-state index contributed by atoms with van der Waals surface area (Å²) in [5, 5.41) is 2.86. The van der Waals surface area contributed by atoms with Gasteiger partial charge in [0.05, 0.1) is 11.4 Å². The second kappa shape index (κ2) is 4.91. The summed E-state index contributed by atoms with van der Waals surface area (Å²) in [5.74, 6) is 0. The number of para-hydroxylation sites is 2. The Morgan fingerprint density at radius 1 is 1.20 bits per heavy atom.